The molecule has 0 fully saturated rings. The summed E-state index contributed by atoms with van der Waals surface area (Å²) >= 11 is 0. The summed E-state index contributed by atoms with van der Waals surface area (Å²) in [6.45, 7) is 4.14. The molecule has 28 heavy (non-hydrogen) atoms. The smallest absolute Gasteiger partial charge is 0.248 e. The largest absolute Gasteiger partial charge is 0.497 e. The molecule has 0 saturated carbocycles. The van der Waals surface area contributed by atoms with E-state index >= 15 is 0 Å². The summed E-state index contributed by atoms with van der Waals surface area (Å²) in [7, 11) is -2.22. The number of carbonyl (C=O) groups excluding carboxylic acids is 1. The lowest BCUT2D eigenvalue weighted by molar-refractivity contribution is -0.117. The second kappa shape index (κ2) is 9.45. The monoisotopic (exact) mass is 406 g/mol. The van der Waals surface area contributed by atoms with E-state index in [0.29, 0.717) is 35.9 Å². The highest BCUT2D eigenvalue weighted by atomic mass is 32.2. The molecule has 2 aromatic rings. The number of nitrogens with one attached hydrogen (secondary N) is 1. The van der Waals surface area contributed by atoms with Crippen LogP contribution in [0, 0.1) is 0 Å². The molecule has 2 rings (SSSR count). The molecule has 0 aliphatic rings. The number of hydrogen-bond acceptors (Lipinski definition) is 5. The average Bonchev–Trinajstić information content (AvgIpc) is 2.65. The highest BCUT2D eigenvalue weighted by Gasteiger charge is 2.31. The lowest BCUT2D eigenvalue weighted by atomic mass is 10.1. The minimum Gasteiger partial charge on any atom is -0.497 e. The number of nitrogens with zero attached hydrogens (tertiary/aromatic N) is 1. The number of amides is 1. The molecule has 0 radical (unpaired) electrons. The number of sulfonamides is 1. The van der Waals surface area contributed by atoms with Crippen molar-refractivity contribution in [3.05, 3.63) is 48.5 Å². The molecular weight excluding hydrogens is 380 g/mol. The maximum atomic E-state index is 12.9. The standard InChI is InChI=1S/C20H26N2O5S/c1-5-19(20(23)21-15-9-7-12-18(13-15)27-6-2)22(28(4,24)25)16-10-8-11-17(14-16)26-3/h7-14,19H,5-6H2,1-4H3,(H,21,23)/t19-/m0/s1. The first-order valence-corrected chi connectivity index (χ1v) is 10.8. The van der Waals surface area contributed by atoms with Gasteiger partial charge < -0.3 is 14.8 Å². The molecule has 0 aliphatic carbocycles. The molecule has 1 N–H and O–H groups in total. The Hall–Kier alpha value is -2.74. The van der Waals surface area contributed by atoms with Crippen molar-refractivity contribution in [3.8, 4) is 11.5 Å². The van der Waals surface area contributed by atoms with Gasteiger partial charge in [-0.2, -0.15) is 0 Å². The van der Waals surface area contributed by atoms with Gasteiger partial charge in [0.15, 0.2) is 0 Å². The topological polar surface area (TPSA) is 84.9 Å². The van der Waals surface area contributed by atoms with Crippen LogP contribution >= 0.6 is 0 Å². The Morgan fingerprint density at radius 1 is 1.11 bits per heavy atom. The van der Waals surface area contributed by atoms with Crippen LogP contribution in [0.25, 0.3) is 0 Å². The van der Waals surface area contributed by atoms with E-state index in [9.17, 15) is 13.2 Å². The van der Waals surface area contributed by atoms with Gasteiger partial charge in [0.05, 0.1) is 25.7 Å². The second-order valence-electron chi connectivity index (χ2n) is 6.13. The van der Waals surface area contributed by atoms with Gasteiger partial charge in [-0.05, 0) is 37.6 Å². The van der Waals surface area contributed by atoms with E-state index < -0.39 is 22.0 Å². The lowest BCUT2D eigenvalue weighted by Crippen LogP contribution is -2.47. The summed E-state index contributed by atoms with van der Waals surface area (Å²) in [5, 5.41) is 2.79. The Kier molecular flexibility index (Phi) is 7.28. The highest BCUT2D eigenvalue weighted by molar-refractivity contribution is 7.92. The molecule has 0 aromatic heterocycles. The van der Waals surface area contributed by atoms with E-state index in [1.165, 1.54) is 7.11 Å². The van der Waals surface area contributed by atoms with Crippen molar-refractivity contribution in [1.82, 2.24) is 0 Å². The van der Waals surface area contributed by atoms with Crippen molar-refractivity contribution in [3.63, 3.8) is 0 Å². The van der Waals surface area contributed by atoms with E-state index in [1.54, 1.807) is 55.5 Å². The zero-order chi connectivity index (χ0) is 20.7. The first kappa shape index (κ1) is 21.6. The van der Waals surface area contributed by atoms with Gasteiger partial charge in [0, 0.05) is 17.8 Å². The quantitative estimate of drug-likeness (QED) is 0.691. The van der Waals surface area contributed by atoms with Gasteiger partial charge in [-0.1, -0.05) is 19.1 Å². The van der Waals surface area contributed by atoms with E-state index in [4.69, 9.17) is 9.47 Å². The highest BCUT2D eigenvalue weighted by Crippen LogP contribution is 2.27. The molecule has 0 unspecified atom stereocenters. The van der Waals surface area contributed by atoms with Crippen LogP contribution in [-0.4, -0.2) is 40.3 Å². The van der Waals surface area contributed by atoms with Crippen LogP contribution in [0.4, 0.5) is 11.4 Å². The molecule has 0 saturated heterocycles. The second-order valence-corrected chi connectivity index (χ2v) is 7.99. The predicted octanol–water partition coefficient (Wildman–Crippen LogP) is 3.28. The van der Waals surface area contributed by atoms with E-state index in [1.807, 2.05) is 6.92 Å². The van der Waals surface area contributed by atoms with Crippen molar-refractivity contribution < 1.29 is 22.7 Å². The van der Waals surface area contributed by atoms with Crippen molar-refractivity contribution >= 4 is 27.3 Å². The summed E-state index contributed by atoms with van der Waals surface area (Å²) in [5.74, 6) is 0.705. The summed E-state index contributed by atoms with van der Waals surface area (Å²) in [6, 6.07) is 12.7. The molecule has 7 nitrogen and oxygen atoms in total. The van der Waals surface area contributed by atoms with Gasteiger partial charge >= 0.3 is 0 Å². The molecule has 0 aliphatic heterocycles. The van der Waals surface area contributed by atoms with Gasteiger partial charge in [-0.25, -0.2) is 8.42 Å². The zero-order valence-corrected chi connectivity index (χ0v) is 17.3. The van der Waals surface area contributed by atoms with Crippen molar-refractivity contribution in [2.75, 3.05) is 29.6 Å². The van der Waals surface area contributed by atoms with Crippen LogP contribution in [0.2, 0.25) is 0 Å². The zero-order valence-electron chi connectivity index (χ0n) is 16.5. The molecule has 1 atom stereocenters. The van der Waals surface area contributed by atoms with Crippen LogP contribution in [0.5, 0.6) is 11.5 Å². The SMILES string of the molecule is CCOc1cccc(NC(=O)[C@H](CC)N(c2cccc(OC)c2)S(C)(=O)=O)c1. The van der Waals surface area contributed by atoms with Crippen LogP contribution in [0.3, 0.4) is 0 Å². The molecular formula is C20H26N2O5S. The fourth-order valence-electron chi connectivity index (χ4n) is 2.86. The van der Waals surface area contributed by atoms with Crippen LogP contribution in [0.15, 0.2) is 48.5 Å². The average molecular weight is 407 g/mol. The van der Waals surface area contributed by atoms with Crippen molar-refractivity contribution in [2.24, 2.45) is 0 Å². The maximum absolute atomic E-state index is 12.9. The van der Waals surface area contributed by atoms with Gasteiger partial charge in [-0.3, -0.25) is 9.10 Å². The maximum Gasteiger partial charge on any atom is 0.248 e. The van der Waals surface area contributed by atoms with Gasteiger partial charge in [0.1, 0.15) is 17.5 Å². The Morgan fingerprint density at radius 3 is 2.39 bits per heavy atom. The Bertz CT molecular complexity index is 914. The Labute approximate surface area is 166 Å². The molecule has 1 amide bonds. The van der Waals surface area contributed by atoms with Gasteiger partial charge in [0.2, 0.25) is 15.9 Å². The van der Waals surface area contributed by atoms with Gasteiger partial charge in [0.25, 0.3) is 0 Å². The molecule has 2 aromatic carbocycles. The number of anilines is 2. The van der Waals surface area contributed by atoms with Crippen molar-refractivity contribution in [1.29, 1.82) is 0 Å². The van der Waals surface area contributed by atoms with E-state index in [-0.39, 0.29) is 0 Å². The third-order valence-electron chi connectivity index (χ3n) is 4.05. The first-order valence-electron chi connectivity index (χ1n) is 8.97. The molecule has 0 heterocycles. The normalized spacial score (nSPS) is 12.1. The number of ether oxygens (including phenoxy) is 2. The number of methoxy groups -OCH3 is 1. The minimum absolute atomic E-state index is 0.293. The number of carbonyl (C=O) groups is 1. The first-order chi connectivity index (χ1) is 13.3. The summed E-state index contributed by atoms with van der Waals surface area (Å²) in [6.07, 6.45) is 1.37. The predicted molar refractivity (Wildman–Crippen MR) is 111 cm³/mol. The van der Waals surface area contributed by atoms with E-state index in [0.717, 1.165) is 10.6 Å². The number of rotatable bonds is 9. The minimum atomic E-state index is -3.72. The fraction of sp³-hybridized carbons (Fsp3) is 0.350. The summed E-state index contributed by atoms with van der Waals surface area (Å²) < 4.78 is 36.8. The molecule has 152 valence electrons. The third-order valence-corrected chi connectivity index (χ3v) is 5.23. The van der Waals surface area contributed by atoms with Crippen molar-refractivity contribution in [2.45, 2.75) is 26.3 Å². The molecule has 0 bridgehead atoms. The summed E-state index contributed by atoms with van der Waals surface area (Å²) in [5.41, 5.74) is 0.903. The van der Waals surface area contributed by atoms with Crippen LogP contribution < -0.4 is 19.1 Å². The van der Waals surface area contributed by atoms with Crippen LogP contribution in [0.1, 0.15) is 20.3 Å². The summed E-state index contributed by atoms with van der Waals surface area (Å²) in [4.78, 5) is 12.9. The lowest BCUT2D eigenvalue weighted by Gasteiger charge is -2.30. The molecule has 0 spiro atoms. The van der Waals surface area contributed by atoms with Crippen LogP contribution in [-0.2, 0) is 14.8 Å². The Balaban J connectivity index is 2.35. The van der Waals surface area contributed by atoms with Gasteiger partial charge in [-0.15, -0.1) is 0 Å². The van der Waals surface area contributed by atoms with E-state index in [2.05, 4.69) is 5.32 Å². The fourth-order valence-corrected chi connectivity index (χ4v) is 4.07. The number of hydrogen-bond donors (Lipinski definition) is 1. The Morgan fingerprint density at radius 2 is 1.79 bits per heavy atom. The third kappa shape index (κ3) is 5.39. The molecule has 8 heteroatoms. The number of benzene rings is 2.